The summed E-state index contributed by atoms with van der Waals surface area (Å²) in [4.78, 5) is 30.0. The molecular formula is C12H15N3O3S. The third-order valence-electron chi connectivity index (χ3n) is 3.39. The van der Waals surface area contributed by atoms with Crippen molar-refractivity contribution in [1.29, 1.82) is 0 Å². The van der Waals surface area contributed by atoms with Gasteiger partial charge in [-0.2, -0.15) is 0 Å². The van der Waals surface area contributed by atoms with Crippen LogP contribution in [-0.4, -0.2) is 52.4 Å². The number of fused-ring (bicyclic) bond motifs is 1. The molecule has 102 valence electrons. The van der Waals surface area contributed by atoms with Gasteiger partial charge in [-0.05, 0) is 0 Å². The van der Waals surface area contributed by atoms with Gasteiger partial charge in [0.15, 0.2) is 5.16 Å². The maximum Gasteiger partial charge on any atom is 0.254 e. The quantitative estimate of drug-likeness (QED) is 0.722. The van der Waals surface area contributed by atoms with Crippen LogP contribution < -0.4 is 5.56 Å². The van der Waals surface area contributed by atoms with Gasteiger partial charge in [0.1, 0.15) is 0 Å². The van der Waals surface area contributed by atoms with Crippen LogP contribution in [0.25, 0.3) is 0 Å². The van der Waals surface area contributed by atoms with Gasteiger partial charge < -0.3 is 9.64 Å². The van der Waals surface area contributed by atoms with Gasteiger partial charge in [-0.25, -0.2) is 4.98 Å². The molecular weight excluding hydrogens is 266 g/mol. The summed E-state index contributed by atoms with van der Waals surface area (Å²) in [6.07, 6.45) is 1.89. The van der Waals surface area contributed by atoms with Crippen LogP contribution in [-0.2, 0) is 9.53 Å². The maximum absolute atomic E-state index is 12.2. The fraction of sp³-hybridized carbons (Fsp3) is 0.583. The fourth-order valence-electron chi connectivity index (χ4n) is 2.38. The highest BCUT2D eigenvalue weighted by Gasteiger charge is 2.28. The van der Waals surface area contributed by atoms with Crippen molar-refractivity contribution in [2.24, 2.45) is 0 Å². The number of morpholine rings is 1. The van der Waals surface area contributed by atoms with E-state index in [1.807, 2.05) is 4.90 Å². The predicted molar refractivity (Wildman–Crippen MR) is 70.3 cm³/mol. The molecule has 1 amide bonds. The number of carbonyl (C=O) groups is 1. The standard InChI is InChI=1S/C12H15N3O3S/c16-10-1-2-13-12-15(10)9(8-19-12)7-11(17)14-3-5-18-6-4-14/h1-2,9H,3-8H2. The normalized spacial score (nSPS) is 22.3. The van der Waals surface area contributed by atoms with E-state index in [0.717, 1.165) is 5.75 Å². The van der Waals surface area contributed by atoms with Crippen molar-refractivity contribution < 1.29 is 9.53 Å². The third-order valence-corrected chi connectivity index (χ3v) is 4.50. The number of hydrogen-bond acceptors (Lipinski definition) is 5. The SMILES string of the molecule is O=C(CC1CSc2nccc(=O)n21)N1CCOCC1. The van der Waals surface area contributed by atoms with Gasteiger partial charge in [-0.3, -0.25) is 14.2 Å². The van der Waals surface area contributed by atoms with Gasteiger partial charge in [-0.1, -0.05) is 11.8 Å². The van der Waals surface area contributed by atoms with Gasteiger partial charge in [0.05, 0.1) is 19.3 Å². The molecule has 0 aliphatic carbocycles. The van der Waals surface area contributed by atoms with E-state index in [2.05, 4.69) is 4.98 Å². The molecule has 1 unspecified atom stereocenters. The highest BCUT2D eigenvalue weighted by Crippen LogP contribution is 2.31. The van der Waals surface area contributed by atoms with Crippen LogP contribution in [0.3, 0.4) is 0 Å². The summed E-state index contributed by atoms with van der Waals surface area (Å²) in [7, 11) is 0. The van der Waals surface area contributed by atoms with Crippen molar-refractivity contribution >= 4 is 17.7 Å². The van der Waals surface area contributed by atoms with E-state index in [4.69, 9.17) is 4.74 Å². The molecule has 0 spiro atoms. The lowest BCUT2D eigenvalue weighted by molar-refractivity contribution is -0.136. The van der Waals surface area contributed by atoms with Gasteiger partial charge in [0.2, 0.25) is 5.91 Å². The Labute approximate surface area is 114 Å². The number of hydrogen-bond donors (Lipinski definition) is 0. The average Bonchev–Trinajstić information content (AvgIpc) is 2.84. The number of thioether (sulfide) groups is 1. The minimum absolute atomic E-state index is 0.0726. The van der Waals surface area contributed by atoms with Gasteiger partial charge in [0, 0.05) is 37.5 Å². The van der Waals surface area contributed by atoms with Crippen LogP contribution in [0.15, 0.2) is 22.2 Å². The average molecular weight is 281 g/mol. The molecule has 7 heteroatoms. The molecule has 0 aromatic carbocycles. The Hall–Kier alpha value is -1.34. The zero-order chi connectivity index (χ0) is 13.2. The molecule has 1 fully saturated rings. The van der Waals surface area contributed by atoms with Crippen LogP contribution in [0, 0.1) is 0 Å². The molecule has 2 aliphatic rings. The van der Waals surface area contributed by atoms with E-state index in [-0.39, 0.29) is 17.5 Å². The Balaban J connectivity index is 1.72. The molecule has 1 aromatic rings. The molecule has 1 saturated heterocycles. The number of rotatable bonds is 2. The van der Waals surface area contributed by atoms with Crippen LogP contribution in [0.1, 0.15) is 12.5 Å². The lowest BCUT2D eigenvalue weighted by Gasteiger charge is -2.28. The Morgan fingerprint density at radius 3 is 3.05 bits per heavy atom. The van der Waals surface area contributed by atoms with Gasteiger partial charge >= 0.3 is 0 Å². The summed E-state index contributed by atoms with van der Waals surface area (Å²) in [6, 6.07) is 1.37. The molecule has 0 radical (unpaired) electrons. The van der Waals surface area contributed by atoms with Crippen molar-refractivity contribution in [2.45, 2.75) is 17.6 Å². The summed E-state index contributed by atoms with van der Waals surface area (Å²) < 4.78 is 6.87. The Kier molecular flexibility index (Phi) is 3.56. The van der Waals surface area contributed by atoms with Crippen molar-refractivity contribution in [3.05, 3.63) is 22.6 Å². The molecule has 0 bridgehead atoms. The summed E-state index contributed by atoms with van der Waals surface area (Å²) in [5.74, 6) is 0.833. The molecule has 3 rings (SSSR count). The second-order valence-electron chi connectivity index (χ2n) is 4.60. The molecule has 1 aromatic heterocycles. The van der Waals surface area contributed by atoms with Crippen LogP contribution in [0.2, 0.25) is 0 Å². The summed E-state index contributed by atoms with van der Waals surface area (Å²) in [6.45, 7) is 2.49. The minimum Gasteiger partial charge on any atom is -0.378 e. The summed E-state index contributed by atoms with van der Waals surface area (Å²) in [5.41, 5.74) is -0.0743. The van der Waals surface area contributed by atoms with Crippen molar-refractivity contribution in [3.8, 4) is 0 Å². The van der Waals surface area contributed by atoms with Crippen molar-refractivity contribution in [2.75, 3.05) is 32.1 Å². The predicted octanol–water partition coefficient (Wildman–Crippen LogP) is 0.139. The van der Waals surface area contributed by atoms with Crippen molar-refractivity contribution in [3.63, 3.8) is 0 Å². The number of aromatic nitrogens is 2. The van der Waals surface area contributed by atoms with E-state index in [9.17, 15) is 9.59 Å². The second kappa shape index (κ2) is 5.34. The number of amides is 1. The monoisotopic (exact) mass is 281 g/mol. The highest BCUT2D eigenvalue weighted by molar-refractivity contribution is 7.99. The van der Waals surface area contributed by atoms with Crippen LogP contribution >= 0.6 is 11.8 Å². The van der Waals surface area contributed by atoms with Crippen LogP contribution in [0.5, 0.6) is 0 Å². The van der Waals surface area contributed by atoms with E-state index in [1.165, 1.54) is 24.0 Å². The van der Waals surface area contributed by atoms with E-state index in [1.54, 1.807) is 4.57 Å². The highest BCUT2D eigenvalue weighted by atomic mass is 32.2. The molecule has 0 saturated carbocycles. The lowest BCUT2D eigenvalue weighted by Crippen LogP contribution is -2.42. The minimum atomic E-state index is -0.0743. The van der Waals surface area contributed by atoms with Gasteiger partial charge in [0.25, 0.3) is 5.56 Å². The van der Waals surface area contributed by atoms with Crippen LogP contribution in [0.4, 0.5) is 0 Å². The topological polar surface area (TPSA) is 64.4 Å². The fourth-order valence-corrected chi connectivity index (χ4v) is 3.51. The Morgan fingerprint density at radius 1 is 1.47 bits per heavy atom. The molecule has 2 aliphatic heterocycles. The number of nitrogens with zero attached hydrogens (tertiary/aromatic N) is 3. The summed E-state index contributed by atoms with van der Waals surface area (Å²) >= 11 is 1.54. The third kappa shape index (κ3) is 2.52. The first-order chi connectivity index (χ1) is 9.25. The Bertz CT molecular complexity index is 539. The first-order valence-electron chi connectivity index (χ1n) is 6.31. The van der Waals surface area contributed by atoms with Crippen molar-refractivity contribution in [1.82, 2.24) is 14.5 Å². The zero-order valence-electron chi connectivity index (χ0n) is 10.4. The molecule has 19 heavy (non-hydrogen) atoms. The molecule has 6 nitrogen and oxygen atoms in total. The lowest BCUT2D eigenvalue weighted by atomic mass is 10.2. The number of carbonyl (C=O) groups excluding carboxylic acids is 1. The van der Waals surface area contributed by atoms with E-state index in [0.29, 0.717) is 37.9 Å². The second-order valence-corrected chi connectivity index (χ2v) is 5.58. The molecule has 3 heterocycles. The molecule has 1 atom stereocenters. The first kappa shape index (κ1) is 12.7. The summed E-state index contributed by atoms with van der Waals surface area (Å²) in [5, 5.41) is 0.715. The smallest absolute Gasteiger partial charge is 0.254 e. The first-order valence-corrected chi connectivity index (χ1v) is 7.30. The maximum atomic E-state index is 12.2. The Morgan fingerprint density at radius 2 is 2.26 bits per heavy atom. The number of ether oxygens (including phenoxy) is 1. The zero-order valence-corrected chi connectivity index (χ0v) is 11.3. The van der Waals surface area contributed by atoms with E-state index < -0.39 is 0 Å². The van der Waals surface area contributed by atoms with Gasteiger partial charge in [-0.15, -0.1) is 0 Å². The molecule has 0 N–H and O–H groups in total. The van der Waals surface area contributed by atoms with E-state index >= 15 is 0 Å². The largest absolute Gasteiger partial charge is 0.378 e.